The molecule has 0 radical (unpaired) electrons. The molecule has 0 amide bonds. The molecule has 0 atom stereocenters. The average Bonchev–Trinajstić information content (AvgIpc) is 2.40. The van der Waals surface area contributed by atoms with Crippen LogP contribution in [-0.4, -0.2) is 10.9 Å². The molecule has 0 aliphatic rings. The fraction of sp³-hybridized carbons (Fsp3) is 0.400. The maximum atomic E-state index is 8.92. The van der Waals surface area contributed by atoms with Crippen LogP contribution in [0.25, 0.3) is 6.08 Å². The Bertz CT molecular complexity index is 395. The lowest BCUT2D eigenvalue weighted by molar-refractivity contribution is 0.318. The highest BCUT2D eigenvalue weighted by Gasteiger charge is 1.96. The highest BCUT2D eigenvalue weighted by Crippen LogP contribution is 2.11. The fourth-order valence-corrected chi connectivity index (χ4v) is 1.79. The third-order valence-electron chi connectivity index (χ3n) is 2.75. The van der Waals surface area contributed by atoms with Gasteiger partial charge in [-0.05, 0) is 36.6 Å². The van der Waals surface area contributed by atoms with Crippen LogP contribution in [0.2, 0.25) is 5.02 Å². The SMILES string of the molecule is CCCCCCC(/C=C/c1ccc(Cl)cc1)=N/O. The van der Waals surface area contributed by atoms with Gasteiger partial charge >= 0.3 is 0 Å². The van der Waals surface area contributed by atoms with E-state index in [1.54, 1.807) is 0 Å². The molecule has 2 nitrogen and oxygen atoms in total. The van der Waals surface area contributed by atoms with E-state index in [-0.39, 0.29) is 0 Å². The van der Waals surface area contributed by atoms with E-state index in [9.17, 15) is 0 Å². The van der Waals surface area contributed by atoms with E-state index in [1.165, 1.54) is 19.3 Å². The first-order valence-corrected chi connectivity index (χ1v) is 6.78. The molecule has 0 saturated heterocycles. The summed E-state index contributed by atoms with van der Waals surface area (Å²) in [4.78, 5) is 0. The lowest BCUT2D eigenvalue weighted by Gasteiger charge is -1.99. The fourth-order valence-electron chi connectivity index (χ4n) is 1.67. The molecule has 0 aromatic heterocycles. The van der Waals surface area contributed by atoms with Crippen LogP contribution < -0.4 is 0 Å². The molecule has 1 aromatic rings. The Morgan fingerprint density at radius 2 is 1.94 bits per heavy atom. The number of rotatable bonds is 7. The van der Waals surface area contributed by atoms with E-state index in [0.29, 0.717) is 0 Å². The molecule has 0 heterocycles. The minimum absolute atomic E-state index is 0.723. The second kappa shape index (κ2) is 8.76. The van der Waals surface area contributed by atoms with Crippen molar-refractivity contribution in [3.63, 3.8) is 0 Å². The molecule has 0 fully saturated rings. The van der Waals surface area contributed by atoms with Gasteiger partial charge in [0.25, 0.3) is 0 Å². The molecule has 0 unspecified atom stereocenters. The van der Waals surface area contributed by atoms with Gasteiger partial charge in [0.1, 0.15) is 0 Å². The summed E-state index contributed by atoms with van der Waals surface area (Å²) in [5, 5.41) is 13.0. The summed E-state index contributed by atoms with van der Waals surface area (Å²) in [7, 11) is 0. The molecule has 0 aliphatic heterocycles. The first-order valence-electron chi connectivity index (χ1n) is 6.41. The van der Waals surface area contributed by atoms with Gasteiger partial charge < -0.3 is 5.21 Å². The van der Waals surface area contributed by atoms with Gasteiger partial charge in [0.15, 0.2) is 0 Å². The summed E-state index contributed by atoms with van der Waals surface area (Å²) in [5.74, 6) is 0. The van der Waals surface area contributed by atoms with E-state index >= 15 is 0 Å². The highest BCUT2D eigenvalue weighted by molar-refractivity contribution is 6.30. The monoisotopic (exact) mass is 265 g/mol. The maximum Gasteiger partial charge on any atom is 0.0795 e. The summed E-state index contributed by atoms with van der Waals surface area (Å²) in [5.41, 5.74) is 1.77. The number of halogens is 1. The first kappa shape index (κ1) is 14.8. The van der Waals surface area contributed by atoms with E-state index in [1.807, 2.05) is 36.4 Å². The predicted octanol–water partition coefficient (Wildman–Crippen LogP) is 5.15. The summed E-state index contributed by atoms with van der Waals surface area (Å²) in [6.07, 6.45) is 9.31. The van der Waals surface area contributed by atoms with Crippen molar-refractivity contribution in [3.05, 3.63) is 40.9 Å². The second-order valence-electron chi connectivity index (χ2n) is 4.29. The van der Waals surface area contributed by atoms with Crippen molar-refractivity contribution in [3.8, 4) is 0 Å². The molecule has 1 rings (SSSR count). The topological polar surface area (TPSA) is 32.6 Å². The summed E-state index contributed by atoms with van der Waals surface area (Å²) in [6.45, 7) is 2.18. The number of oxime groups is 1. The lowest BCUT2D eigenvalue weighted by Crippen LogP contribution is -1.93. The molecule has 0 bridgehead atoms. The first-order chi connectivity index (χ1) is 8.76. The number of hydrogen-bond acceptors (Lipinski definition) is 2. The van der Waals surface area contributed by atoms with E-state index < -0.39 is 0 Å². The third-order valence-corrected chi connectivity index (χ3v) is 3.01. The van der Waals surface area contributed by atoms with Gasteiger partial charge in [0.05, 0.1) is 5.71 Å². The van der Waals surface area contributed by atoms with Crippen molar-refractivity contribution < 1.29 is 5.21 Å². The van der Waals surface area contributed by atoms with Crippen molar-refractivity contribution >= 4 is 23.4 Å². The Morgan fingerprint density at radius 1 is 1.22 bits per heavy atom. The molecule has 18 heavy (non-hydrogen) atoms. The van der Waals surface area contributed by atoms with Crippen LogP contribution in [0, 0.1) is 0 Å². The van der Waals surface area contributed by atoms with Crippen LogP contribution >= 0.6 is 11.6 Å². The second-order valence-corrected chi connectivity index (χ2v) is 4.72. The minimum Gasteiger partial charge on any atom is -0.411 e. The van der Waals surface area contributed by atoms with E-state index in [0.717, 1.165) is 29.1 Å². The maximum absolute atomic E-state index is 8.92. The Hall–Kier alpha value is -1.28. The van der Waals surface area contributed by atoms with E-state index in [2.05, 4.69) is 12.1 Å². The summed E-state index contributed by atoms with van der Waals surface area (Å²) < 4.78 is 0. The van der Waals surface area contributed by atoms with Gasteiger partial charge in [-0.15, -0.1) is 0 Å². The Labute approximate surface area is 114 Å². The van der Waals surface area contributed by atoms with Crippen LogP contribution in [0.4, 0.5) is 0 Å². The van der Waals surface area contributed by atoms with Crippen LogP contribution in [-0.2, 0) is 0 Å². The van der Waals surface area contributed by atoms with Gasteiger partial charge in [0.2, 0.25) is 0 Å². The zero-order valence-electron chi connectivity index (χ0n) is 10.8. The Morgan fingerprint density at radius 3 is 2.56 bits per heavy atom. The average molecular weight is 266 g/mol. The Kier molecular flexibility index (Phi) is 7.19. The van der Waals surface area contributed by atoms with Gasteiger partial charge in [-0.1, -0.05) is 61.2 Å². The highest BCUT2D eigenvalue weighted by atomic mass is 35.5. The number of allylic oxidation sites excluding steroid dienone is 1. The van der Waals surface area contributed by atoms with Crippen LogP contribution in [0.3, 0.4) is 0 Å². The quantitative estimate of drug-likeness (QED) is 0.314. The molecule has 0 spiro atoms. The van der Waals surface area contributed by atoms with Crippen molar-refractivity contribution in [2.24, 2.45) is 5.16 Å². The molecule has 0 aliphatic carbocycles. The van der Waals surface area contributed by atoms with Gasteiger partial charge in [0, 0.05) is 5.02 Å². The van der Waals surface area contributed by atoms with Crippen molar-refractivity contribution in [2.45, 2.75) is 39.0 Å². The van der Waals surface area contributed by atoms with Crippen LogP contribution in [0.5, 0.6) is 0 Å². The minimum atomic E-state index is 0.723. The lowest BCUT2D eigenvalue weighted by atomic mass is 10.1. The summed E-state index contributed by atoms with van der Waals surface area (Å²) >= 11 is 5.81. The third kappa shape index (κ3) is 5.87. The van der Waals surface area contributed by atoms with Crippen molar-refractivity contribution in [2.75, 3.05) is 0 Å². The molecule has 3 heteroatoms. The number of hydrogen-bond donors (Lipinski definition) is 1. The van der Waals surface area contributed by atoms with Gasteiger partial charge in [-0.3, -0.25) is 0 Å². The molecule has 0 saturated carbocycles. The summed E-state index contributed by atoms with van der Waals surface area (Å²) in [6, 6.07) is 7.56. The number of nitrogens with zero attached hydrogens (tertiary/aromatic N) is 1. The standard InChI is InChI=1S/C15H20ClNO/c1-2-3-4-5-6-15(17-18)12-9-13-7-10-14(16)11-8-13/h7-12,18H,2-6H2,1H3/b12-9+,17-15-. The molecular weight excluding hydrogens is 246 g/mol. The smallest absolute Gasteiger partial charge is 0.0795 e. The van der Waals surface area contributed by atoms with Crippen molar-refractivity contribution in [1.29, 1.82) is 0 Å². The number of benzene rings is 1. The normalized spacial score (nSPS) is 12.2. The van der Waals surface area contributed by atoms with Gasteiger partial charge in [-0.25, -0.2) is 0 Å². The van der Waals surface area contributed by atoms with Crippen LogP contribution in [0.1, 0.15) is 44.6 Å². The van der Waals surface area contributed by atoms with E-state index in [4.69, 9.17) is 16.8 Å². The predicted molar refractivity (Wildman–Crippen MR) is 78.5 cm³/mol. The molecular formula is C15H20ClNO. The zero-order chi connectivity index (χ0) is 13.2. The molecule has 1 aromatic carbocycles. The molecule has 98 valence electrons. The molecule has 1 N–H and O–H groups in total. The Balaban J connectivity index is 2.45. The largest absolute Gasteiger partial charge is 0.411 e. The van der Waals surface area contributed by atoms with Crippen LogP contribution in [0.15, 0.2) is 35.5 Å². The number of unbranched alkanes of at least 4 members (excludes halogenated alkanes) is 3. The zero-order valence-corrected chi connectivity index (χ0v) is 11.5. The van der Waals surface area contributed by atoms with Gasteiger partial charge in [-0.2, -0.15) is 0 Å². The van der Waals surface area contributed by atoms with Crippen molar-refractivity contribution in [1.82, 2.24) is 0 Å².